The number of aliphatic hydroxyl groups excluding tert-OH is 1. The van der Waals surface area contributed by atoms with E-state index in [0.717, 1.165) is 25.7 Å². The van der Waals surface area contributed by atoms with Gasteiger partial charge in [0.2, 0.25) is 0 Å². The Morgan fingerprint density at radius 3 is 2.46 bits per heavy atom. The van der Waals surface area contributed by atoms with Gasteiger partial charge in [0.05, 0.1) is 18.8 Å². The fourth-order valence-electron chi connectivity index (χ4n) is 6.60. The van der Waals surface area contributed by atoms with Gasteiger partial charge in [-0.2, -0.15) is 0 Å². The van der Waals surface area contributed by atoms with Crippen LogP contribution in [-0.4, -0.2) is 29.7 Å². The lowest BCUT2D eigenvalue weighted by molar-refractivity contribution is -0.255. The van der Waals surface area contributed by atoms with E-state index in [4.69, 9.17) is 9.47 Å². The lowest BCUT2D eigenvalue weighted by Gasteiger charge is -2.61. The zero-order chi connectivity index (χ0) is 17.2. The summed E-state index contributed by atoms with van der Waals surface area (Å²) in [4.78, 5) is 0. The number of ether oxygens (including phenoxy) is 2. The maximum absolute atomic E-state index is 10.2. The summed E-state index contributed by atoms with van der Waals surface area (Å²) < 4.78 is 12.8. The summed E-state index contributed by atoms with van der Waals surface area (Å²) in [6.07, 6.45) is 10.8. The van der Waals surface area contributed by atoms with Gasteiger partial charge >= 0.3 is 0 Å². The molecule has 2 saturated carbocycles. The Morgan fingerprint density at radius 1 is 1.08 bits per heavy atom. The molecule has 3 heteroatoms. The van der Waals surface area contributed by atoms with Crippen molar-refractivity contribution in [2.24, 2.45) is 22.7 Å². The van der Waals surface area contributed by atoms with Crippen LogP contribution in [-0.2, 0) is 9.47 Å². The molecule has 1 saturated heterocycles. The predicted octanol–water partition coefficient (Wildman–Crippen LogP) is 4.44. The molecule has 3 nitrogen and oxygen atoms in total. The minimum Gasteiger partial charge on any atom is -0.395 e. The summed E-state index contributed by atoms with van der Waals surface area (Å²) >= 11 is 0. The van der Waals surface area contributed by atoms with Crippen molar-refractivity contribution < 1.29 is 14.6 Å². The lowest BCUT2D eigenvalue weighted by Crippen LogP contribution is -2.57. The molecular weight excluding hydrogens is 300 g/mol. The van der Waals surface area contributed by atoms with Gasteiger partial charge in [-0.15, -0.1) is 0 Å². The van der Waals surface area contributed by atoms with Gasteiger partial charge in [0.15, 0.2) is 5.79 Å². The third-order valence-corrected chi connectivity index (χ3v) is 8.17. The molecule has 136 valence electrons. The average Bonchev–Trinajstić information content (AvgIpc) is 2.87. The highest BCUT2D eigenvalue weighted by Gasteiger charge is 2.62. The SMILES string of the molecule is C[C@H]1OC2(CC[C@]3(C)C4=CCCC[C@]4(CO)CC[C@H]3[C@@H]2C)O[C@@H]1C. The van der Waals surface area contributed by atoms with Crippen molar-refractivity contribution in [3.05, 3.63) is 11.6 Å². The number of hydrogen-bond donors (Lipinski definition) is 1. The molecule has 0 aromatic rings. The molecule has 0 aromatic carbocycles. The van der Waals surface area contributed by atoms with Gasteiger partial charge in [-0.3, -0.25) is 0 Å². The van der Waals surface area contributed by atoms with Crippen LogP contribution in [0.3, 0.4) is 0 Å². The zero-order valence-corrected chi connectivity index (χ0v) is 15.8. The second-order valence-corrected chi connectivity index (χ2v) is 9.26. The summed E-state index contributed by atoms with van der Waals surface area (Å²) in [5.74, 6) is 0.619. The molecule has 0 aromatic heterocycles. The Balaban J connectivity index is 1.68. The molecule has 4 aliphatic rings. The van der Waals surface area contributed by atoms with Gasteiger partial charge in [-0.1, -0.05) is 25.5 Å². The van der Waals surface area contributed by atoms with Crippen molar-refractivity contribution in [1.82, 2.24) is 0 Å². The molecule has 1 heterocycles. The van der Waals surface area contributed by atoms with Gasteiger partial charge in [-0.25, -0.2) is 0 Å². The van der Waals surface area contributed by atoms with Gasteiger partial charge in [0.1, 0.15) is 0 Å². The Bertz CT molecular complexity index is 531. The molecule has 1 aliphatic heterocycles. The molecule has 0 amide bonds. The van der Waals surface area contributed by atoms with Crippen LogP contribution in [0.25, 0.3) is 0 Å². The highest BCUT2D eigenvalue weighted by atomic mass is 16.8. The van der Waals surface area contributed by atoms with Crippen molar-refractivity contribution in [2.45, 2.75) is 90.6 Å². The van der Waals surface area contributed by atoms with Crippen LogP contribution in [0.1, 0.15) is 72.6 Å². The van der Waals surface area contributed by atoms with E-state index in [1.165, 1.54) is 19.3 Å². The van der Waals surface area contributed by atoms with Gasteiger partial charge < -0.3 is 14.6 Å². The topological polar surface area (TPSA) is 38.7 Å². The van der Waals surface area contributed by atoms with Crippen LogP contribution in [0.5, 0.6) is 0 Å². The quantitative estimate of drug-likeness (QED) is 0.720. The lowest BCUT2D eigenvalue weighted by atomic mass is 9.46. The summed E-state index contributed by atoms with van der Waals surface area (Å²) in [7, 11) is 0. The number of aliphatic hydroxyl groups is 1. The van der Waals surface area contributed by atoms with Gasteiger partial charge in [-0.05, 0) is 63.7 Å². The molecule has 0 unspecified atom stereocenters. The Kier molecular flexibility index (Phi) is 3.95. The van der Waals surface area contributed by atoms with Crippen molar-refractivity contribution in [1.29, 1.82) is 0 Å². The first-order valence-electron chi connectivity index (χ1n) is 10.0. The van der Waals surface area contributed by atoms with Crippen molar-refractivity contribution in [3.63, 3.8) is 0 Å². The third-order valence-electron chi connectivity index (χ3n) is 8.17. The predicted molar refractivity (Wildman–Crippen MR) is 94.5 cm³/mol. The fraction of sp³-hybridized carbons (Fsp3) is 0.905. The van der Waals surface area contributed by atoms with Crippen LogP contribution < -0.4 is 0 Å². The maximum atomic E-state index is 10.2. The summed E-state index contributed by atoms with van der Waals surface area (Å²) in [6.45, 7) is 9.41. The molecular formula is C21H34O3. The molecule has 6 atom stereocenters. The van der Waals surface area contributed by atoms with E-state index >= 15 is 0 Å². The Labute approximate surface area is 146 Å². The van der Waals surface area contributed by atoms with Crippen molar-refractivity contribution >= 4 is 0 Å². The Morgan fingerprint density at radius 2 is 1.79 bits per heavy atom. The molecule has 24 heavy (non-hydrogen) atoms. The minimum absolute atomic E-state index is 0.0612. The first-order chi connectivity index (χ1) is 11.4. The van der Waals surface area contributed by atoms with E-state index in [9.17, 15) is 5.11 Å². The number of fused-ring (bicyclic) bond motifs is 3. The van der Waals surface area contributed by atoms with Crippen LogP contribution in [0.2, 0.25) is 0 Å². The molecule has 0 bridgehead atoms. The van der Waals surface area contributed by atoms with Crippen molar-refractivity contribution in [3.8, 4) is 0 Å². The van der Waals surface area contributed by atoms with E-state index in [2.05, 4.69) is 33.8 Å². The zero-order valence-electron chi connectivity index (χ0n) is 15.8. The highest BCUT2D eigenvalue weighted by Crippen LogP contribution is 2.65. The maximum Gasteiger partial charge on any atom is 0.172 e. The first-order valence-corrected chi connectivity index (χ1v) is 10.0. The van der Waals surface area contributed by atoms with E-state index in [-0.39, 0.29) is 28.8 Å². The van der Waals surface area contributed by atoms with E-state index in [0.29, 0.717) is 18.4 Å². The fourth-order valence-corrected chi connectivity index (χ4v) is 6.60. The summed E-state index contributed by atoms with van der Waals surface area (Å²) in [5.41, 5.74) is 1.83. The van der Waals surface area contributed by atoms with E-state index in [1.807, 2.05) is 0 Å². The normalized spacial score (nSPS) is 50.3. The smallest absolute Gasteiger partial charge is 0.172 e. The highest BCUT2D eigenvalue weighted by molar-refractivity contribution is 5.31. The van der Waals surface area contributed by atoms with Crippen LogP contribution in [0, 0.1) is 22.7 Å². The third kappa shape index (κ3) is 2.13. The Hall–Kier alpha value is -0.380. The van der Waals surface area contributed by atoms with E-state index in [1.54, 1.807) is 5.57 Å². The van der Waals surface area contributed by atoms with Crippen LogP contribution in [0.4, 0.5) is 0 Å². The molecule has 1 N–H and O–H groups in total. The number of hydrogen-bond acceptors (Lipinski definition) is 3. The number of allylic oxidation sites excluding steroid dienone is 1. The monoisotopic (exact) mass is 334 g/mol. The van der Waals surface area contributed by atoms with Gasteiger partial charge in [0, 0.05) is 17.8 Å². The summed E-state index contributed by atoms with van der Waals surface area (Å²) in [6, 6.07) is 0. The molecule has 1 spiro atoms. The first kappa shape index (κ1) is 17.1. The van der Waals surface area contributed by atoms with Crippen LogP contribution in [0.15, 0.2) is 11.6 Å². The second kappa shape index (κ2) is 5.56. The summed E-state index contributed by atoms with van der Waals surface area (Å²) in [5, 5.41) is 10.2. The standard InChI is InChI=1S/C21H34O3/c1-14-17-8-10-20(13-22)9-6-5-7-18(20)19(17,4)11-12-21(14)23-15(2)16(3)24-21/h7,14-17,22H,5-6,8-13H2,1-4H3/t14-,15+,16+,17-,19-,20+/m0/s1. The van der Waals surface area contributed by atoms with Crippen LogP contribution >= 0.6 is 0 Å². The number of rotatable bonds is 1. The van der Waals surface area contributed by atoms with Gasteiger partial charge in [0.25, 0.3) is 0 Å². The van der Waals surface area contributed by atoms with Crippen molar-refractivity contribution in [2.75, 3.05) is 6.61 Å². The second-order valence-electron chi connectivity index (χ2n) is 9.26. The minimum atomic E-state index is -0.378. The average molecular weight is 334 g/mol. The van der Waals surface area contributed by atoms with E-state index < -0.39 is 0 Å². The molecule has 4 rings (SSSR count). The molecule has 0 radical (unpaired) electrons. The molecule has 3 aliphatic carbocycles. The largest absolute Gasteiger partial charge is 0.395 e. The molecule has 3 fully saturated rings.